The van der Waals surface area contributed by atoms with Gasteiger partial charge in [0.2, 0.25) is 0 Å². The van der Waals surface area contributed by atoms with Crippen LogP contribution in [0.1, 0.15) is 67.8 Å². The Balaban J connectivity index is 1.89. The van der Waals surface area contributed by atoms with Crippen LogP contribution in [0.3, 0.4) is 0 Å². The van der Waals surface area contributed by atoms with Gasteiger partial charge in [0.1, 0.15) is 0 Å². The number of benzene rings is 1. The Morgan fingerprint density at radius 2 is 1.68 bits per heavy atom. The number of carbonyl (C=O) groups excluding carboxylic acids is 1. The molecular weight excluding hydrogens is 296 g/mol. The second-order valence-electron chi connectivity index (χ2n) is 7.04. The lowest BCUT2D eigenvalue weighted by atomic mass is 9.82. The van der Waals surface area contributed by atoms with Gasteiger partial charge in [-0.05, 0) is 37.2 Å². The second kappa shape index (κ2) is 5.80. The summed E-state index contributed by atoms with van der Waals surface area (Å²) in [5, 5.41) is -0.583. The molecule has 3 rings (SSSR count). The third-order valence-electron chi connectivity index (χ3n) is 5.30. The maximum atomic E-state index is 13.0. The van der Waals surface area contributed by atoms with E-state index in [0.717, 1.165) is 30.4 Å². The highest BCUT2D eigenvalue weighted by Gasteiger charge is 2.46. The van der Waals surface area contributed by atoms with Gasteiger partial charge in [-0.15, -0.1) is 0 Å². The molecule has 2 saturated heterocycles. The summed E-state index contributed by atoms with van der Waals surface area (Å²) in [5.41, 5.74) is 1.87. The van der Waals surface area contributed by atoms with Gasteiger partial charge in [0.15, 0.2) is 15.6 Å². The van der Waals surface area contributed by atoms with Gasteiger partial charge in [-0.1, -0.05) is 44.5 Å². The SMILES string of the molecule is CC(C)c1ccccc1C(=O)C1CC2CCCC(C1)S2(=O)=O. The van der Waals surface area contributed by atoms with Crippen LogP contribution in [0.2, 0.25) is 0 Å². The molecular formula is C18H24O3S. The van der Waals surface area contributed by atoms with Crippen LogP contribution in [0.4, 0.5) is 0 Å². The quantitative estimate of drug-likeness (QED) is 0.797. The van der Waals surface area contributed by atoms with E-state index in [-0.39, 0.29) is 22.2 Å². The number of Topliss-reactive ketones (excluding diaryl/α,β-unsaturated/α-hetero) is 1. The van der Waals surface area contributed by atoms with E-state index in [4.69, 9.17) is 0 Å². The smallest absolute Gasteiger partial charge is 0.166 e. The summed E-state index contributed by atoms with van der Waals surface area (Å²) in [6.07, 6.45) is 3.48. The Labute approximate surface area is 133 Å². The van der Waals surface area contributed by atoms with Crippen LogP contribution in [-0.4, -0.2) is 24.7 Å². The van der Waals surface area contributed by atoms with Gasteiger partial charge in [0.25, 0.3) is 0 Å². The Morgan fingerprint density at radius 3 is 2.27 bits per heavy atom. The number of rotatable bonds is 3. The molecule has 4 heteroatoms. The topological polar surface area (TPSA) is 51.2 Å². The molecule has 0 spiro atoms. The van der Waals surface area contributed by atoms with Crippen molar-refractivity contribution in [1.82, 2.24) is 0 Å². The molecule has 0 aliphatic carbocycles. The highest BCUT2D eigenvalue weighted by Crippen LogP contribution is 2.41. The van der Waals surface area contributed by atoms with Crippen LogP contribution in [0.15, 0.2) is 24.3 Å². The van der Waals surface area contributed by atoms with Crippen molar-refractivity contribution in [3.05, 3.63) is 35.4 Å². The van der Waals surface area contributed by atoms with Crippen LogP contribution in [0, 0.1) is 5.92 Å². The fourth-order valence-electron chi connectivity index (χ4n) is 4.07. The molecule has 3 nitrogen and oxygen atoms in total. The number of carbonyl (C=O) groups is 1. The van der Waals surface area contributed by atoms with Crippen LogP contribution in [0.5, 0.6) is 0 Å². The molecule has 120 valence electrons. The van der Waals surface area contributed by atoms with Crippen molar-refractivity contribution in [2.75, 3.05) is 0 Å². The standard InChI is InChI=1S/C18H24O3S/c1-12(2)16-8-3-4-9-17(16)18(19)13-10-14-6-5-7-15(11-13)22(14,20)21/h3-4,8-9,12-15H,5-7,10-11H2,1-2H3. The normalized spacial score (nSPS) is 30.2. The van der Waals surface area contributed by atoms with Gasteiger partial charge < -0.3 is 0 Å². The van der Waals surface area contributed by atoms with Crippen LogP contribution in [-0.2, 0) is 9.84 Å². The molecule has 2 aliphatic rings. The van der Waals surface area contributed by atoms with E-state index in [2.05, 4.69) is 13.8 Å². The Morgan fingerprint density at radius 1 is 1.09 bits per heavy atom. The van der Waals surface area contributed by atoms with Gasteiger partial charge >= 0.3 is 0 Å². The highest BCUT2D eigenvalue weighted by molar-refractivity contribution is 7.92. The summed E-state index contributed by atoms with van der Waals surface area (Å²) in [5.74, 6) is 0.321. The van der Waals surface area contributed by atoms with Crippen LogP contribution < -0.4 is 0 Å². The third-order valence-corrected chi connectivity index (χ3v) is 8.01. The van der Waals surface area contributed by atoms with Crippen molar-refractivity contribution >= 4 is 15.6 Å². The molecule has 2 aliphatic heterocycles. The molecule has 1 aromatic carbocycles. The molecule has 2 heterocycles. The van der Waals surface area contributed by atoms with E-state index in [1.807, 2.05) is 24.3 Å². The van der Waals surface area contributed by atoms with Crippen molar-refractivity contribution < 1.29 is 13.2 Å². The minimum Gasteiger partial charge on any atom is -0.294 e. The van der Waals surface area contributed by atoms with Gasteiger partial charge in [-0.3, -0.25) is 4.79 Å². The van der Waals surface area contributed by atoms with E-state index in [0.29, 0.717) is 18.8 Å². The predicted molar refractivity (Wildman–Crippen MR) is 87.9 cm³/mol. The predicted octanol–water partition coefficient (Wildman–Crippen LogP) is 3.74. The first kappa shape index (κ1) is 15.7. The monoisotopic (exact) mass is 320 g/mol. The second-order valence-corrected chi connectivity index (χ2v) is 9.55. The molecule has 22 heavy (non-hydrogen) atoms. The lowest BCUT2D eigenvalue weighted by Gasteiger charge is -2.38. The van der Waals surface area contributed by atoms with Gasteiger partial charge in [0, 0.05) is 11.5 Å². The largest absolute Gasteiger partial charge is 0.294 e. The summed E-state index contributed by atoms with van der Waals surface area (Å²) < 4.78 is 24.7. The number of ketones is 1. The number of hydrogen-bond acceptors (Lipinski definition) is 3. The van der Waals surface area contributed by atoms with Crippen molar-refractivity contribution in [2.45, 2.75) is 62.4 Å². The zero-order valence-electron chi connectivity index (χ0n) is 13.3. The molecule has 2 atom stereocenters. The average molecular weight is 320 g/mol. The van der Waals surface area contributed by atoms with Crippen molar-refractivity contribution in [3.63, 3.8) is 0 Å². The van der Waals surface area contributed by atoms with Crippen molar-refractivity contribution in [2.24, 2.45) is 5.92 Å². The zero-order chi connectivity index (χ0) is 15.9. The van der Waals surface area contributed by atoms with E-state index in [1.165, 1.54) is 0 Å². The lowest BCUT2D eigenvalue weighted by Crippen LogP contribution is -2.45. The first-order valence-electron chi connectivity index (χ1n) is 8.27. The van der Waals surface area contributed by atoms with Crippen molar-refractivity contribution in [3.8, 4) is 0 Å². The van der Waals surface area contributed by atoms with Gasteiger partial charge in [0.05, 0.1) is 10.5 Å². The fourth-order valence-corrected chi connectivity index (χ4v) is 6.60. The van der Waals surface area contributed by atoms with Gasteiger partial charge in [-0.2, -0.15) is 0 Å². The van der Waals surface area contributed by atoms with Crippen LogP contribution >= 0.6 is 0 Å². The van der Waals surface area contributed by atoms with E-state index < -0.39 is 9.84 Å². The first-order valence-corrected chi connectivity index (χ1v) is 9.88. The minimum absolute atomic E-state index is 0.126. The zero-order valence-corrected chi connectivity index (χ0v) is 14.1. The molecule has 0 N–H and O–H groups in total. The number of sulfone groups is 1. The maximum Gasteiger partial charge on any atom is 0.166 e. The molecule has 2 fully saturated rings. The minimum atomic E-state index is -2.99. The van der Waals surface area contributed by atoms with E-state index >= 15 is 0 Å². The molecule has 0 amide bonds. The molecule has 2 bridgehead atoms. The van der Waals surface area contributed by atoms with Gasteiger partial charge in [-0.25, -0.2) is 8.42 Å². The molecule has 2 unspecified atom stereocenters. The highest BCUT2D eigenvalue weighted by atomic mass is 32.2. The molecule has 0 radical (unpaired) electrons. The van der Waals surface area contributed by atoms with E-state index in [9.17, 15) is 13.2 Å². The summed E-state index contributed by atoms with van der Waals surface area (Å²) in [7, 11) is -2.99. The summed E-state index contributed by atoms with van der Waals surface area (Å²) in [4.78, 5) is 13.0. The first-order chi connectivity index (χ1) is 10.4. The Bertz CT molecular complexity index is 655. The number of fused-ring (bicyclic) bond motifs is 2. The lowest BCUT2D eigenvalue weighted by molar-refractivity contribution is 0.0892. The fraction of sp³-hybridized carbons (Fsp3) is 0.611. The molecule has 0 aromatic heterocycles. The summed E-state index contributed by atoms with van der Waals surface area (Å²) in [6.45, 7) is 4.18. The van der Waals surface area contributed by atoms with Crippen molar-refractivity contribution in [1.29, 1.82) is 0 Å². The average Bonchev–Trinajstić information content (AvgIpc) is 2.45. The Hall–Kier alpha value is -1.16. The number of hydrogen-bond donors (Lipinski definition) is 0. The van der Waals surface area contributed by atoms with E-state index in [1.54, 1.807) is 0 Å². The summed E-state index contributed by atoms with van der Waals surface area (Å²) >= 11 is 0. The molecule has 1 aromatic rings. The Kier molecular flexibility index (Phi) is 4.15. The molecule has 0 saturated carbocycles. The third kappa shape index (κ3) is 2.62. The van der Waals surface area contributed by atoms with Crippen LogP contribution in [0.25, 0.3) is 0 Å². The summed E-state index contributed by atoms with van der Waals surface area (Å²) in [6, 6.07) is 7.78. The maximum absolute atomic E-state index is 13.0.